The summed E-state index contributed by atoms with van der Waals surface area (Å²) in [6.07, 6.45) is 2.40. The number of hydrogen-bond donors (Lipinski definition) is 0. The van der Waals surface area contributed by atoms with Gasteiger partial charge in [0, 0.05) is 39.3 Å². The normalized spacial score (nSPS) is 22.1. The van der Waals surface area contributed by atoms with Gasteiger partial charge in [-0.25, -0.2) is 0 Å². The topological polar surface area (TPSA) is 36.0 Å². The lowest BCUT2D eigenvalue weighted by Gasteiger charge is -2.38. The molecule has 2 aliphatic rings. The first kappa shape index (κ1) is 18.1. The van der Waals surface area contributed by atoms with Crippen LogP contribution in [0.2, 0.25) is 0 Å². The predicted octanol–water partition coefficient (Wildman–Crippen LogP) is 2.47. The van der Waals surface area contributed by atoms with Crippen LogP contribution in [0.4, 0.5) is 5.69 Å². The van der Waals surface area contributed by atoms with E-state index in [1.807, 2.05) is 19.1 Å². The number of carbonyl (C=O) groups excluding carboxylic acids is 1. The van der Waals surface area contributed by atoms with Crippen molar-refractivity contribution >= 4 is 11.6 Å². The highest BCUT2D eigenvalue weighted by Gasteiger charge is 2.25. The van der Waals surface area contributed by atoms with Gasteiger partial charge in [-0.3, -0.25) is 9.69 Å². The summed E-state index contributed by atoms with van der Waals surface area (Å²) in [4.78, 5) is 19.3. The largest absolute Gasteiger partial charge is 0.492 e. The second-order valence-electron chi connectivity index (χ2n) is 7.25. The van der Waals surface area contributed by atoms with Crippen LogP contribution in [-0.2, 0) is 4.79 Å². The molecule has 1 amide bonds. The predicted molar refractivity (Wildman–Crippen MR) is 101 cm³/mol. The molecule has 0 bridgehead atoms. The molecule has 0 radical (unpaired) electrons. The Balaban J connectivity index is 1.51. The zero-order valence-electron chi connectivity index (χ0n) is 15.6. The third-order valence-corrected chi connectivity index (χ3v) is 5.25. The molecule has 1 atom stereocenters. The van der Waals surface area contributed by atoms with Gasteiger partial charge in [0.05, 0.1) is 18.8 Å². The van der Waals surface area contributed by atoms with E-state index in [0.29, 0.717) is 25.0 Å². The van der Waals surface area contributed by atoms with E-state index in [9.17, 15) is 4.79 Å². The van der Waals surface area contributed by atoms with Crippen LogP contribution in [0.1, 0.15) is 26.7 Å². The summed E-state index contributed by atoms with van der Waals surface area (Å²) in [5.74, 6) is 1.90. The van der Waals surface area contributed by atoms with Crippen LogP contribution in [0.3, 0.4) is 0 Å². The first-order valence-corrected chi connectivity index (χ1v) is 9.64. The lowest BCUT2D eigenvalue weighted by molar-refractivity contribution is -0.134. The molecule has 5 nitrogen and oxygen atoms in total. The Morgan fingerprint density at radius 2 is 1.92 bits per heavy atom. The number of amides is 1. The molecule has 2 fully saturated rings. The molecule has 0 N–H and O–H groups in total. The van der Waals surface area contributed by atoms with Crippen LogP contribution in [0, 0.1) is 5.92 Å². The molecule has 5 heteroatoms. The zero-order chi connectivity index (χ0) is 17.6. The number of likely N-dealkylation sites (tertiary alicyclic amines) is 1. The number of rotatable bonds is 5. The number of piperidine rings is 1. The summed E-state index contributed by atoms with van der Waals surface area (Å²) >= 11 is 0. The van der Waals surface area contributed by atoms with Gasteiger partial charge in [0.25, 0.3) is 0 Å². The van der Waals surface area contributed by atoms with Gasteiger partial charge in [-0.1, -0.05) is 19.1 Å². The second-order valence-corrected chi connectivity index (χ2v) is 7.25. The van der Waals surface area contributed by atoms with Gasteiger partial charge in [0.2, 0.25) is 5.91 Å². The average molecular weight is 345 g/mol. The van der Waals surface area contributed by atoms with Gasteiger partial charge in [-0.2, -0.15) is 0 Å². The first-order chi connectivity index (χ1) is 12.2. The summed E-state index contributed by atoms with van der Waals surface area (Å²) in [5, 5.41) is 0. The fraction of sp³-hybridized carbons (Fsp3) is 0.650. The van der Waals surface area contributed by atoms with E-state index in [0.717, 1.165) is 51.4 Å². The number of ether oxygens (including phenoxy) is 1. The summed E-state index contributed by atoms with van der Waals surface area (Å²) in [6, 6.07) is 8.24. The van der Waals surface area contributed by atoms with E-state index in [1.165, 1.54) is 12.1 Å². The van der Waals surface area contributed by atoms with Crippen LogP contribution in [0.25, 0.3) is 0 Å². The molecular formula is C20H31N3O2. The maximum Gasteiger partial charge on any atom is 0.236 e. The first-order valence-electron chi connectivity index (χ1n) is 9.64. The van der Waals surface area contributed by atoms with Crippen LogP contribution >= 0.6 is 0 Å². The van der Waals surface area contributed by atoms with Gasteiger partial charge < -0.3 is 14.5 Å². The molecule has 138 valence electrons. The second kappa shape index (κ2) is 8.56. The van der Waals surface area contributed by atoms with Crippen molar-refractivity contribution in [3.05, 3.63) is 24.3 Å². The Morgan fingerprint density at radius 3 is 2.64 bits per heavy atom. The van der Waals surface area contributed by atoms with Crippen molar-refractivity contribution < 1.29 is 9.53 Å². The molecule has 1 aromatic rings. The number of carbonyl (C=O) groups is 1. The van der Waals surface area contributed by atoms with Crippen LogP contribution in [0.15, 0.2) is 24.3 Å². The standard InChI is InChI=1S/C20H31N3O2/c1-3-25-19-9-5-4-8-18(19)22-13-11-21(12-14-22)16-20(24)23-10-6-7-17(2)15-23/h4-5,8-9,17H,3,6-7,10-16H2,1-2H3. The number of para-hydroxylation sites is 2. The Morgan fingerprint density at radius 1 is 1.16 bits per heavy atom. The molecule has 2 aliphatic heterocycles. The minimum Gasteiger partial charge on any atom is -0.492 e. The molecule has 0 aromatic heterocycles. The molecule has 1 unspecified atom stereocenters. The number of anilines is 1. The maximum atomic E-state index is 12.6. The van der Waals surface area contributed by atoms with Crippen molar-refractivity contribution in [3.8, 4) is 5.75 Å². The number of nitrogens with zero attached hydrogens (tertiary/aromatic N) is 3. The number of hydrogen-bond acceptors (Lipinski definition) is 4. The van der Waals surface area contributed by atoms with E-state index < -0.39 is 0 Å². The molecule has 2 heterocycles. The van der Waals surface area contributed by atoms with Gasteiger partial charge in [-0.15, -0.1) is 0 Å². The van der Waals surface area contributed by atoms with Crippen LogP contribution in [-0.4, -0.2) is 68.1 Å². The highest BCUT2D eigenvalue weighted by Crippen LogP contribution is 2.28. The lowest BCUT2D eigenvalue weighted by Crippen LogP contribution is -2.51. The van der Waals surface area contributed by atoms with E-state index in [4.69, 9.17) is 4.74 Å². The van der Waals surface area contributed by atoms with Crippen molar-refractivity contribution in [1.82, 2.24) is 9.80 Å². The van der Waals surface area contributed by atoms with Crippen LogP contribution in [0.5, 0.6) is 5.75 Å². The Bertz CT molecular complexity index is 570. The summed E-state index contributed by atoms with van der Waals surface area (Å²) < 4.78 is 5.75. The highest BCUT2D eigenvalue weighted by molar-refractivity contribution is 5.78. The quantitative estimate of drug-likeness (QED) is 0.821. The van der Waals surface area contributed by atoms with Crippen molar-refractivity contribution in [2.75, 3.05) is 57.3 Å². The summed E-state index contributed by atoms with van der Waals surface area (Å²) in [7, 11) is 0. The molecule has 25 heavy (non-hydrogen) atoms. The van der Waals surface area contributed by atoms with Gasteiger partial charge in [0.1, 0.15) is 5.75 Å². The molecule has 0 spiro atoms. The van der Waals surface area contributed by atoms with E-state index in [1.54, 1.807) is 0 Å². The maximum absolute atomic E-state index is 12.6. The van der Waals surface area contributed by atoms with Gasteiger partial charge >= 0.3 is 0 Å². The smallest absolute Gasteiger partial charge is 0.236 e. The van der Waals surface area contributed by atoms with E-state index in [-0.39, 0.29) is 0 Å². The zero-order valence-corrected chi connectivity index (χ0v) is 15.6. The fourth-order valence-electron chi connectivity index (χ4n) is 3.85. The van der Waals surface area contributed by atoms with Crippen molar-refractivity contribution in [2.24, 2.45) is 5.92 Å². The van der Waals surface area contributed by atoms with Gasteiger partial charge in [-0.05, 0) is 37.8 Å². The Hall–Kier alpha value is -1.75. The van der Waals surface area contributed by atoms with E-state index >= 15 is 0 Å². The average Bonchev–Trinajstić information content (AvgIpc) is 2.63. The number of benzene rings is 1. The molecule has 0 aliphatic carbocycles. The van der Waals surface area contributed by atoms with Crippen molar-refractivity contribution in [2.45, 2.75) is 26.7 Å². The summed E-state index contributed by atoms with van der Waals surface area (Å²) in [5.41, 5.74) is 1.17. The molecule has 0 saturated carbocycles. The van der Waals surface area contributed by atoms with Crippen molar-refractivity contribution in [3.63, 3.8) is 0 Å². The van der Waals surface area contributed by atoms with Crippen LogP contribution < -0.4 is 9.64 Å². The number of piperazine rings is 1. The Kier molecular flexibility index (Phi) is 6.19. The third-order valence-electron chi connectivity index (χ3n) is 5.25. The SMILES string of the molecule is CCOc1ccccc1N1CCN(CC(=O)N2CCCC(C)C2)CC1. The Labute approximate surface area is 151 Å². The van der Waals surface area contributed by atoms with Crippen molar-refractivity contribution in [1.29, 1.82) is 0 Å². The molecule has 2 saturated heterocycles. The third kappa shape index (κ3) is 4.66. The van der Waals surface area contributed by atoms with Gasteiger partial charge in [0.15, 0.2) is 0 Å². The molecule has 1 aromatic carbocycles. The summed E-state index contributed by atoms with van der Waals surface area (Å²) in [6.45, 7) is 11.1. The lowest BCUT2D eigenvalue weighted by atomic mass is 10.0. The fourth-order valence-corrected chi connectivity index (χ4v) is 3.85. The monoisotopic (exact) mass is 345 g/mol. The minimum atomic E-state index is 0.301. The minimum absolute atomic E-state index is 0.301. The molecular weight excluding hydrogens is 314 g/mol. The highest BCUT2D eigenvalue weighted by atomic mass is 16.5. The molecule has 3 rings (SSSR count). The van der Waals surface area contributed by atoms with E-state index in [2.05, 4.69) is 33.8 Å².